The topological polar surface area (TPSA) is 71.0 Å². The summed E-state index contributed by atoms with van der Waals surface area (Å²) in [6.07, 6.45) is 4.68. The molecule has 0 spiro atoms. The molecule has 0 aromatic carbocycles. The van der Waals surface area contributed by atoms with Crippen molar-refractivity contribution in [1.82, 2.24) is 20.3 Å². The van der Waals surface area contributed by atoms with E-state index < -0.39 is 0 Å². The molecule has 5 heterocycles. The zero-order valence-corrected chi connectivity index (χ0v) is 16.0. The maximum Gasteiger partial charge on any atom is 0.253 e. The van der Waals surface area contributed by atoms with E-state index in [1.54, 1.807) is 0 Å². The van der Waals surface area contributed by atoms with Crippen molar-refractivity contribution in [3.8, 4) is 11.3 Å². The van der Waals surface area contributed by atoms with Crippen LogP contribution in [-0.4, -0.2) is 27.4 Å². The molecule has 0 fully saturated rings. The summed E-state index contributed by atoms with van der Waals surface area (Å²) in [6.45, 7) is 6.20. The third-order valence-corrected chi connectivity index (χ3v) is 5.47. The van der Waals surface area contributed by atoms with Crippen LogP contribution in [0.25, 0.3) is 11.3 Å². The van der Waals surface area contributed by atoms with Crippen LogP contribution in [0.5, 0.6) is 0 Å². The minimum Gasteiger partial charge on any atom is -0.352 e. The van der Waals surface area contributed by atoms with Crippen molar-refractivity contribution >= 4 is 11.7 Å². The van der Waals surface area contributed by atoms with E-state index in [0.717, 1.165) is 59.1 Å². The quantitative estimate of drug-likeness (QED) is 0.750. The monoisotopic (exact) mass is 371 g/mol. The lowest BCUT2D eigenvalue weighted by atomic mass is 10.0. The fourth-order valence-corrected chi connectivity index (χ4v) is 3.94. The Kier molecular flexibility index (Phi) is 3.86. The van der Waals surface area contributed by atoms with Gasteiger partial charge in [0.05, 0.1) is 23.5 Å². The fourth-order valence-electron chi connectivity index (χ4n) is 3.94. The van der Waals surface area contributed by atoms with Crippen LogP contribution in [0.15, 0.2) is 36.7 Å². The molecule has 0 radical (unpaired) electrons. The molecule has 6 heteroatoms. The molecule has 0 atom stereocenters. The summed E-state index contributed by atoms with van der Waals surface area (Å²) in [7, 11) is 0. The van der Waals surface area contributed by atoms with Gasteiger partial charge in [-0.2, -0.15) is 0 Å². The first-order valence-electron chi connectivity index (χ1n) is 9.53. The van der Waals surface area contributed by atoms with Gasteiger partial charge in [-0.1, -0.05) is 6.07 Å². The first-order chi connectivity index (χ1) is 13.6. The largest absolute Gasteiger partial charge is 0.352 e. The van der Waals surface area contributed by atoms with Crippen molar-refractivity contribution in [3.63, 3.8) is 0 Å². The molecule has 2 aliphatic rings. The smallest absolute Gasteiger partial charge is 0.253 e. The molecular weight excluding hydrogens is 350 g/mol. The Bertz CT molecular complexity index is 1090. The fraction of sp³-hybridized carbons (Fsp3) is 0.273. The summed E-state index contributed by atoms with van der Waals surface area (Å²) in [5.41, 5.74) is 8.05. The molecule has 0 aliphatic carbocycles. The summed E-state index contributed by atoms with van der Waals surface area (Å²) in [6, 6.07) is 8.26. The van der Waals surface area contributed by atoms with Crippen molar-refractivity contribution < 1.29 is 4.79 Å². The van der Waals surface area contributed by atoms with Gasteiger partial charge in [0, 0.05) is 43.2 Å². The number of anilines is 1. The molecule has 0 saturated carbocycles. The van der Waals surface area contributed by atoms with Gasteiger partial charge in [-0.25, -0.2) is 4.98 Å². The van der Waals surface area contributed by atoms with Crippen LogP contribution >= 0.6 is 0 Å². The molecule has 3 aromatic rings. The summed E-state index contributed by atoms with van der Waals surface area (Å²) < 4.78 is 0. The van der Waals surface area contributed by atoms with E-state index in [2.05, 4.69) is 27.3 Å². The first kappa shape index (κ1) is 16.9. The Morgan fingerprint density at radius 3 is 2.79 bits per heavy atom. The normalized spacial score (nSPS) is 15.2. The number of nitrogens with zero attached hydrogens (tertiary/aromatic N) is 4. The number of hydrogen-bond acceptors (Lipinski definition) is 5. The van der Waals surface area contributed by atoms with Gasteiger partial charge < -0.3 is 10.2 Å². The molecule has 2 aliphatic heterocycles. The number of hydrogen-bond donors (Lipinski definition) is 1. The lowest BCUT2D eigenvalue weighted by molar-refractivity contribution is 0.0965. The maximum absolute atomic E-state index is 11.9. The predicted octanol–water partition coefficient (Wildman–Crippen LogP) is 2.96. The lowest BCUT2D eigenvalue weighted by Gasteiger charge is -2.30. The molecule has 5 rings (SSSR count). The molecule has 3 aromatic heterocycles. The molecule has 0 saturated heterocycles. The Hall–Kier alpha value is -3.28. The molecule has 0 unspecified atom stereocenters. The number of fused-ring (bicyclic) bond motifs is 2. The van der Waals surface area contributed by atoms with E-state index in [1.807, 2.05) is 38.4 Å². The highest BCUT2D eigenvalue weighted by molar-refractivity contribution is 5.98. The van der Waals surface area contributed by atoms with Crippen LogP contribution in [0.2, 0.25) is 0 Å². The number of aromatic nitrogens is 3. The van der Waals surface area contributed by atoms with E-state index in [4.69, 9.17) is 9.97 Å². The second-order valence-electron chi connectivity index (χ2n) is 7.53. The van der Waals surface area contributed by atoms with Crippen LogP contribution in [0.4, 0.5) is 5.82 Å². The van der Waals surface area contributed by atoms with Crippen LogP contribution in [0.1, 0.15) is 38.4 Å². The summed E-state index contributed by atoms with van der Waals surface area (Å²) in [4.78, 5) is 28.2. The number of pyridine rings is 3. The van der Waals surface area contributed by atoms with Gasteiger partial charge >= 0.3 is 0 Å². The molecule has 6 nitrogen and oxygen atoms in total. The average Bonchev–Trinajstić information content (AvgIpc) is 3.07. The second kappa shape index (κ2) is 6.41. The van der Waals surface area contributed by atoms with Gasteiger partial charge in [0.25, 0.3) is 5.91 Å². The molecule has 28 heavy (non-hydrogen) atoms. The first-order valence-corrected chi connectivity index (χ1v) is 9.53. The Morgan fingerprint density at radius 1 is 1.07 bits per heavy atom. The lowest BCUT2D eigenvalue weighted by Crippen LogP contribution is -2.32. The van der Waals surface area contributed by atoms with Crippen LogP contribution < -0.4 is 10.2 Å². The number of amides is 1. The van der Waals surface area contributed by atoms with Gasteiger partial charge in [0.2, 0.25) is 0 Å². The summed E-state index contributed by atoms with van der Waals surface area (Å²) >= 11 is 0. The van der Waals surface area contributed by atoms with Crippen molar-refractivity contribution in [3.05, 3.63) is 70.3 Å². The number of rotatable bonds is 2. The Balaban J connectivity index is 1.47. The predicted molar refractivity (Wildman–Crippen MR) is 107 cm³/mol. The van der Waals surface area contributed by atoms with E-state index in [0.29, 0.717) is 12.1 Å². The highest BCUT2D eigenvalue weighted by Gasteiger charge is 2.25. The number of carbonyl (C=O) groups is 1. The highest BCUT2D eigenvalue weighted by atomic mass is 16.1. The van der Waals surface area contributed by atoms with Crippen molar-refractivity contribution in [1.29, 1.82) is 0 Å². The van der Waals surface area contributed by atoms with E-state index in [1.165, 1.54) is 5.56 Å². The van der Waals surface area contributed by atoms with E-state index in [-0.39, 0.29) is 5.91 Å². The Morgan fingerprint density at radius 2 is 1.96 bits per heavy atom. The second-order valence-corrected chi connectivity index (χ2v) is 7.53. The average molecular weight is 371 g/mol. The number of nitrogens with one attached hydrogen (secondary N) is 1. The molecule has 140 valence electrons. The van der Waals surface area contributed by atoms with Gasteiger partial charge in [0.15, 0.2) is 0 Å². The zero-order valence-electron chi connectivity index (χ0n) is 16.0. The van der Waals surface area contributed by atoms with Gasteiger partial charge in [0.1, 0.15) is 5.82 Å². The standard InChI is InChI=1S/C22H21N5O/c1-13-3-4-18(23-9-13)15-8-16-12-27(6-5-19(16)24-10-15)21-14(2)7-17-20(26-21)11-25-22(17)28/h3-4,7-10H,5-6,11-12H2,1-2H3,(H,25,28). The van der Waals surface area contributed by atoms with Gasteiger partial charge in [-0.05, 0) is 48.7 Å². The van der Waals surface area contributed by atoms with E-state index in [9.17, 15) is 4.79 Å². The van der Waals surface area contributed by atoms with Crippen LogP contribution in [-0.2, 0) is 19.5 Å². The SMILES string of the molecule is Cc1ccc(-c2cnc3c(c2)CN(c2nc4c(cc2C)C(=O)NC4)CC3)nc1. The maximum atomic E-state index is 11.9. The highest BCUT2D eigenvalue weighted by Crippen LogP contribution is 2.29. The summed E-state index contributed by atoms with van der Waals surface area (Å²) in [5, 5.41) is 2.85. The third-order valence-electron chi connectivity index (χ3n) is 5.47. The zero-order chi connectivity index (χ0) is 19.3. The Labute approximate surface area is 163 Å². The van der Waals surface area contributed by atoms with Crippen LogP contribution in [0, 0.1) is 13.8 Å². The molecular formula is C22H21N5O. The third kappa shape index (κ3) is 2.81. The van der Waals surface area contributed by atoms with Crippen molar-refractivity contribution in [2.24, 2.45) is 0 Å². The van der Waals surface area contributed by atoms with Gasteiger partial charge in [-0.15, -0.1) is 0 Å². The van der Waals surface area contributed by atoms with Crippen LogP contribution in [0.3, 0.4) is 0 Å². The summed E-state index contributed by atoms with van der Waals surface area (Å²) in [5.74, 6) is 0.931. The van der Waals surface area contributed by atoms with Crippen molar-refractivity contribution in [2.45, 2.75) is 33.4 Å². The number of aryl methyl sites for hydroxylation is 2. The number of carbonyl (C=O) groups excluding carboxylic acids is 1. The molecule has 0 bridgehead atoms. The molecule has 1 amide bonds. The molecule has 1 N–H and O–H groups in total. The van der Waals surface area contributed by atoms with E-state index >= 15 is 0 Å². The van der Waals surface area contributed by atoms with Gasteiger partial charge in [-0.3, -0.25) is 14.8 Å². The van der Waals surface area contributed by atoms with Crippen molar-refractivity contribution in [2.75, 3.05) is 11.4 Å². The minimum atomic E-state index is -0.0272. The minimum absolute atomic E-state index is 0.0272.